The Morgan fingerprint density at radius 2 is 1.38 bits per heavy atom. The number of aliphatic hydroxyl groups is 2. The summed E-state index contributed by atoms with van der Waals surface area (Å²) in [5.74, 6) is 0. The van der Waals surface area contributed by atoms with E-state index in [0.717, 1.165) is 0 Å². The highest BCUT2D eigenvalue weighted by atomic mass is 31.2. The Kier molecular flexibility index (Phi) is 5.49. The number of aliphatic hydroxyl groups excluding tert-OH is 1. The van der Waals surface area contributed by atoms with Gasteiger partial charge in [0.25, 0.3) is 0 Å². The van der Waals surface area contributed by atoms with Crippen molar-refractivity contribution in [1.82, 2.24) is 0 Å². The monoisotopic (exact) mass is 262 g/mol. The summed E-state index contributed by atoms with van der Waals surface area (Å²) in [5.41, 5.74) is -4.36. The van der Waals surface area contributed by atoms with Crippen LogP contribution in [0.1, 0.15) is 27.7 Å². The molecule has 16 heavy (non-hydrogen) atoms. The summed E-state index contributed by atoms with van der Waals surface area (Å²) in [5, 5.41) is 17.0. The van der Waals surface area contributed by atoms with Gasteiger partial charge in [0.1, 0.15) is 0 Å². The number of alkyl halides is 2. The summed E-state index contributed by atoms with van der Waals surface area (Å²) in [4.78, 5) is 0. The maximum atomic E-state index is 13.3. The van der Waals surface area contributed by atoms with Gasteiger partial charge in [-0.2, -0.15) is 8.78 Å². The molecule has 0 saturated heterocycles. The molecule has 0 aromatic rings. The lowest BCUT2D eigenvalue weighted by molar-refractivity contribution is -0.175. The van der Waals surface area contributed by atoms with E-state index >= 15 is 0 Å². The number of rotatable bonds is 6. The van der Waals surface area contributed by atoms with Crippen LogP contribution in [0.15, 0.2) is 0 Å². The van der Waals surface area contributed by atoms with Crippen molar-refractivity contribution in [1.29, 1.82) is 0 Å². The molecule has 2 N–H and O–H groups in total. The SMILES string of the molecule is CC(C)OP(=O)(OC(C)C)C(F)(F)C(O)O. The van der Waals surface area contributed by atoms with E-state index in [1.165, 1.54) is 27.7 Å². The second-order valence-electron chi connectivity index (χ2n) is 3.77. The highest BCUT2D eigenvalue weighted by Crippen LogP contribution is 2.64. The maximum Gasteiger partial charge on any atom is 0.405 e. The van der Waals surface area contributed by atoms with E-state index < -0.39 is 31.8 Å². The molecule has 0 spiro atoms. The number of hydrogen-bond donors (Lipinski definition) is 2. The van der Waals surface area contributed by atoms with Crippen LogP contribution in [0.25, 0.3) is 0 Å². The Morgan fingerprint density at radius 1 is 1.06 bits per heavy atom. The van der Waals surface area contributed by atoms with E-state index in [-0.39, 0.29) is 0 Å². The summed E-state index contributed by atoms with van der Waals surface area (Å²) in [6.45, 7) is 5.54. The predicted octanol–water partition coefficient (Wildman–Crippen LogP) is 1.93. The third-order valence-electron chi connectivity index (χ3n) is 1.37. The minimum atomic E-state index is -4.92. The molecule has 0 radical (unpaired) electrons. The van der Waals surface area contributed by atoms with E-state index in [2.05, 4.69) is 9.05 Å². The lowest BCUT2D eigenvalue weighted by Gasteiger charge is -2.29. The van der Waals surface area contributed by atoms with Crippen LogP contribution in [-0.2, 0) is 13.6 Å². The lowest BCUT2D eigenvalue weighted by Crippen LogP contribution is -2.36. The number of halogens is 2. The fraction of sp³-hybridized carbons (Fsp3) is 1.00. The molecule has 0 amide bonds. The molecule has 8 heteroatoms. The van der Waals surface area contributed by atoms with E-state index in [4.69, 9.17) is 10.2 Å². The van der Waals surface area contributed by atoms with Crippen molar-refractivity contribution < 1.29 is 32.6 Å². The summed E-state index contributed by atoms with van der Waals surface area (Å²) >= 11 is 0. The Balaban J connectivity index is 5.14. The van der Waals surface area contributed by atoms with Gasteiger partial charge in [0.15, 0.2) is 0 Å². The summed E-state index contributed by atoms with van der Waals surface area (Å²) in [7, 11) is -4.92. The summed E-state index contributed by atoms with van der Waals surface area (Å²) < 4.78 is 47.5. The topological polar surface area (TPSA) is 76.0 Å². The van der Waals surface area contributed by atoms with Crippen molar-refractivity contribution in [3.05, 3.63) is 0 Å². The van der Waals surface area contributed by atoms with E-state index in [0.29, 0.717) is 0 Å². The number of hydrogen-bond acceptors (Lipinski definition) is 5. The van der Waals surface area contributed by atoms with Gasteiger partial charge in [0.2, 0.25) is 6.29 Å². The molecule has 0 aliphatic rings. The zero-order valence-corrected chi connectivity index (χ0v) is 10.4. The quantitative estimate of drug-likeness (QED) is 0.565. The van der Waals surface area contributed by atoms with Crippen LogP contribution in [0.2, 0.25) is 0 Å². The Bertz CT molecular complexity index is 253. The first kappa shape index (κ1) is 15.9. The lowest BCUT2D eigenvalue weighted by atomic mass is 10.5. The standard InChI is InChI=1S/C8H17F2O5P/c1-5(2)14-16(13,15-6(3)4)8(9,10)7(11)12/h5-7,11-12H,1-4H3. The molecule has 0 rings (SSSR count). The third-order valence-corrected chi connectivity index (χ3v) is 3.73. The van der Waals surface area contributed by atoms with Crippen LogP contribution in [-0.4, -0.2) is 34.4 Å². The summed E-state index contributed by atoms with van der Waals surface area (Å²) in [6, 6.07) is 0. The van der Waals surface area contributed by atoms with Gasteiger partial charge in [-0.1, -0.05) is 0 Å². The first-order valence-electron chi connectivity index (χ1n) is 4.74. The van der Waals surface area contributed by atoms with Crippen LogP contribution in [0, 0.1) is 0 Å². The van der Waals surface area contributed by atoms with Gasteiger partial charge < -0.3 is 19.3 Å². The maximum absolute atomic E-state index is 13.3. The van der Waals surface area contributed by atoms with Crippen molar-refractivity contribution in [2.24, 2.45) is 0 Å². The van der Waals surface area contributed by atoms with Crippen LogP contribution >= 0.6 is 7.60 Å². The van der Waals surface area contributed by atoms with Crippen LogP contribution in [0.5, 0.6) is 0 Å². The molecule has 0 atom stereocenters. The molecular weight excluding hydrogens is 245 g/mol. The third kappa shape index (κ3) is 3.75. The van der Waals surface area contributed by atoms with Crippen molar-refractivity contribution in [2.75, 3.05) is 0 Å². The van der Waals surface area contributed by atoms with E-state index in [9.17, 15) is 13.3 Å². The zero-order valence-electron chi connectivity index (χ0n) is 9.55. The molecule has 0 bridgehead atoms. The fourth-order valence-electron chi connectivity index (χ4n) is 0.862. The molecule has 98 valence electrons. The van der Waals surface area contributed by atoms with Crippen molar-refractivity contribution in [2.45, 2.75) is 51.9 Å². The molecule has 0 aliphatic heterocycles. The van der Waals surface area contributed by atoms with Gasteiger partial charge >= 0.3 is 13.3 Å². The first-order chi connectivity index (χ1) is 7.03. The van der Waals surface area contributed by atoms with Gasteiger partial charge in [0.05, 0.1) is 12.2 Å². The first-order valence-corrected chi connectivity index (χ1v) is 6.28. The zero-order chi connectivity index (χ0) is 13.1. The largest absolute Gasteiger partial charge is 0.405 e. The minimum absolute atomic E-state index is 0.797. The van der Waals surface area contributed by atoms with Crippen LogP contribution in [0.4, 0.5) is 8.78 Å². The van der Waals surface area contributed by atoms with Gasteiger partial charge in [-0.05, 0) is 27.7 Å². The van der Waals surface area contributed by atoms with Gasteiger partial charge in [0, 0.05) is 0 Å². The molecule has 0 unspecified atom stereocenters. The average Bonchev–Trinajstić information content (AvgIpc) is 1.99. The Morgan fingerprint density at radius 3 is 1.56 bits per heavy atom. The van der Waals surface area contributed by atoms with E-state index in [1.807, 2.05) is 0 Å². The predicted molar refractivity (Wildman–Crippen MR) is 53.2 cm³/mol. The molecule has 0 aromatic heterocycles. The highest BCUT2D eigenvalue weighted by Gasteiger charge is 2.59. The molecule has 0 fully saturated rings. The summed E-state index contributed by atoms with van der Waals surface area (Å²) in [6.07, 6.45) is -4.70. The minimum Gasteiger partial charge on any atom is -0.363 e. The molecule has 0 aromatic carbocycles. The molecular formula is C8H17F2O5P. The Hall–Kier alpha value is -0.0700. The van der Waals surface area contributed by atoms with Crippen molar-refractivity contribution >= 4 is 7.60 Å². The average molecular weight is 262 g/mol. The Labute approximate surface area is 92.9 Å². The van der Waals surface area contributed by atoms with Crippen molar-refractivity contribution in [3.63, 3.8) is 0 Å². The highest BCUT2D eigenvalue weighted by molar-refractivity contribution is 7.55. The molecule has 0 saturated carbocycles. The molecule has 0 heterocycles. The fourth-order valence-corrected chi connectivity index (χ4v) is 2.59. The normalized spacial score (nSPS) is 14.2. The van der Waals surface area contributed by atoms with Gasteiger partial charge in [-0.25, -0.2) is 0 Å². The molecule has 5 nitrogen and oxygen atoms in total. The van der Waals surface area contributed by atoms with Crippen LogP contribution in [0.3, 0.4) is 0 Å². The van der Waals surface area contributed by atoms with Gasteiger partial charge in [-0.15, -0.1) is 0 Å². The van der Waals surface area contributed by atoms with E-state index in [1.54, 1.807) is 0 Å². The second-order valence-corrected chi connectivity index (χ2v) is 5.78. The second kappa shape index (κ2) is 5.51. The van der Waals surface area contributed by atoms with Crippen LogP contribution < -0.4 is 0 Å². The molecule has 0 aliphatic carbocycles. The van der Waals surface area contributed by atoms with Crippen molar-refractivity contribution in [3.8, 4) is 0 Å². The smallest absolute Gasteiger partial charge is 0.363 e. The van der Waals surface area contributed by atoms with Gasteiger partial charge in [-0.3, -0.25) is 4.57 Å².